The van der Waals surface area contributed by atoms with E-state index in [0.29, 0.717) is 24.3 Å². The summed E-state index contributed by atoms with van der Waals surface area (Å²) in [6.07, 6.45) is 11.5. The molecule has 0 aromatic heterocycles. The molecule has 1 aliphatic heterocycles. The number of alkyl halides is 1. The SMILES string of the molecule is CCCC1(F)COC(C(=O)Oc2ccc(C3=CCC(C4CCC(CC)CC4)CC3)c(F)c2)OC1. The van der Waals surface area contributed by atoms with Gasteiger partial charge in [-0.15, -0.1) is 0 Å². The first kappa shape index (κ1) is 25.3. The van der Waals surface area contributed by atoms with Crippen LogP contribution in [0.1, 0.15) is 83.6 Å². The number of carbonyl (C=O) groups excluding carboxylic acids is 1. The molecule has 188 valence electrons. The van der Waals surface area contributed by atoms with Crippen LogP contribution in [0.25, 0.3) is 5.57 Å². The van der Waals surface area contributed by atoms with Gasteiger partial charge in [0, 0.05) is 11.6 Å². The molecule has 2 aliphatic carbocycles. The van der Waals surface area contributed by atoms with E-state index in [0.717, 1.165) is 36.7 Å². The van der Waals surface area contributed by atoms with Crippen molar-refractivity contribution in [3.63, 3.8) is 0 Å². The van der Waals surface area contributed by atoms with Crippen LogP contribution < -0.4 is 4.74 Å². The van der Waals surface area contributed by atoms with Crippen molar-refractivity contribution in [2.24, 2.45) is 17.8 Å². The zero-order valence-electron chi connectivity index (χ0n) is 20.5. The van der Waals surface area contributed by atoms with Gasteiger partial charge in [0.25, 0.3) is 6.29 Å². The molecule has 0 bridgehead atoms. The molecule has 1 unspecified atom stereocenters. The van der Waals surface area contributed by atoms with Crippen LogP contribution in [0.2, 0.25) is 0 Å². The number of halogens is 2. The summed E-state index contributed by atoms with van der Waals surface area (Å²) in [6.45, 7) is 3.73. The highest BCUT2D eigenvalue weighted by Gasteiger charge is 2.39. The van der Waals surface area contributed by atoms with Gasteiger partial charge >= 0.3 is 5.97 Å². The average Bonchev–Trinajstić information content (AvgIpc) is 2.85. The van der Waals surface area contributed by atoms with Crippen LogP contribution in [0, 0.1) is 23.6 Å². The van der Waals surface area contributed by atoms with Crippen LogP contribution in [0.4, 0.5) is 8.78 Å². The van der Waals surface area contributed by atoms with Gasteiger partial charge in [-0.25, -0.2) is 13.6 Å². The number of allylic oxidation sites excluding steroid dienone is 2. The number of hydrogen-bond donors (Lipinski definition) is 0. The van der Waals surface area contributed by atoms with E-state index in [1.807, 2.05) is 6.92 Å². The Labute approximate surface area is 202 Å². The van der Waals surface area contributed by atoms with E-state index >= 15 is 0 Å². The fourth-order valence-corrected chi connectivity index (χ4v) is 5.85. The van der Waals surface area contributed by atoms with Crippen molar-refractivity contribution in [3.05, 3.63) is 35.7 Å². The molecule has 6 heteroatoms. The molecule has 1 atom stereocenters. The van der Waals surface area contributed by atoms with Crippen molar-refractivity contribution in [3.8, 4) is 5.75 Å². The molecular weight excluding hydrogens is 438 g/mol. The first-order chi connectivity index (χ1) is 16.4. The van der Waals surface area contributed by atoms with Gasteiger partial charge in [0.1, 0.15) is 11.6 Å². The lowest BCUT2D eigenvalue weighted by molar-refractivity contribution is -0.237. The molecule has 2 fully saturated rings. The highest BCUT2D eigenvalue weighted by atomic mass is 19.1. The van der Waals surface area contributed by atoms with Crippen LogP contribution in [0.5, 0.6) is 5.75 Å². The molecule has 4 nitrogen and oxygen atoms in total. The normalized spacial score (nSPS) is 32.2. The van der Waals surface area contributed by atoms with Gasteiger partial charge in [-0.1, -0.05) is 45.6 Å². The summed E-state index contributed by atoms with van der Waals surface area (Å²) in [5, 5.41) is 0. The fraction of sp³-hybridized carbons (Fsp3) is 0.679. The average molecular weight is 477 g/mol. The van der Waals surface area contributed by atoms with E-state index < -0.39 is 23.7 Å². The van der Waals surface area contributed by atoms with Crippen molar-refractivity contribution in [2.45, 2.75) is 90.0 Å². The number of hydrogen-bond acceptors (Lipinski definition) is 4. The van der Waals surface area contributed by atoms with Crippen molar-refractivity contribution >= 4 is 11.5 Å². The molecule has 34 heavy (non-hydrogen) atoms. The highest BCUT2D eigenvalue weighted by Crippen LogP contribution is 2.42. The van der Waals surface area contributed by atoms with E-state index in [1.165, 1.54) is 38.2 Å². The van der Waals surface area contributed by atoms with Crippen LogP contribution >= 0.6 is 0 Å². The molecule has 0 radical (unpaired) electrons. The van der Waals surface area contributed by atoms with Crippen molar-refractivity contribution in [1.29, 1.82) is 0 Å². The van der Waals surface area contributed by atoms with Crippen LogP contribution in [-0.2, 0) is 14.3 Å². The topological polar surface area (TPSA) is 44.8 Å². The Morgan fingerprint density at radius 1 is 1.09 bits per heavy atom. The summed E-state index contributed by atoms with van der Waals surface area (Å²) >= 11 is 0. The molecule has 3 aliphatic rings. The zero-order valence-corrected chi connectivity index (χ0v) is 20.5. The van der Waals surface area contributed by atoms with E-state index in [9.17, 15) is 13.6 Å². The van der Waals surface area contributed by atoms with E-state index in [1.54, 1.807) is 12.1 Å². The number of esters is 1. The minimum atomic E-state index is -1.58. The van der Waals surface area contributed by atoms with Crippen LogP contribution in [0.3, 0.4) is 0 Å². The Bertz CT molecular complexity index is 867. The second-order valence-electron chi connectivity index (χ2n) is 10.4. The first-order valence-electron chi connectivity index (χ1n) is 13.0. The molecule has 0 spiro atoms. The van der Waals surface area contributed by atoms with Gasteiger partial charge in [0.05, 0.1) is 13.2 Å². The Morgan fingerprint density at radius 2 is 1.82 bits per heavy atom. The van der Waals surface area contributed by atoms with Crippen molar-refractivity contribution in [1.82, 2.24) is 0 Å². The smallest absolute Gasteiger partial charge is 0.368 e. The Hall–Kier alpha value is -1.79. The molecule has 0 amide bonds. The maximum absolute atomic E-state index is 14.9. The third kappa shape index (κ3) is 6.06. The van der Waals surface area contributed by atoms with Gasteiger partial charge in [-0.2, -0.15) is 0 Å². The van der Waals surface area contributed by atoms with E-state index in [-0.39, 0.29) is 19.0 Å². The second-order valence-corrected chi connectivity index (χ2v) is 10.4. The number of benzene rings is 1. The molecule has 1 aromatic rings. The van der Waals surface area contributed by atoms with Crippen molar-refractivity contribution < 1.29 is 27.8 Å². The predicted octanol–water partition coefficient (Wildman–Crippen LogP) is 7.01. The molecule has 1 heterocycles. The Morgan fingerprint density at radius 3 is 2.41 bits per heavy atom. The van der Waals surface area contributed by atoms with Crippen molar-refractivity contribution in [2.75, 3.05) is 13.2 Å². The minimum absolute atomic E-state index is 0.0889. The van der Waals surface area contributed by atoms with E-state index in [2.05, 4.69) is 13.0 Å². The lowest BCUT2D eigenvalue weighted by Gasteiger charge is -2.35. The molecule has 1 saturated carbocycles. The van der Waals surface area contributed by atoms with Gasteiger partial charge < -0.3 is 14.2 Å². The summed E-state index contributed by atoms with van der Waals surface area (Å²) < 4.78 is 45.0. The Kier molecular flexibility index (Phi) is 8.41. The third-order valence-corrected chi connectivity index (χ3v) is 7.97. The minimum Gasteiger partial charge on any atom is -0.423 e. The number of carbonyl (C=O) groups is 1. The lowest BCUT2D eigenvalue weighted by Crippen LogP contribution is -2.47. The molecule has 1 saturated heterocycles. The summed E-state index contributed by atoms with van der Waals surface area (Å²) in [5.74, 6) is 1.30. The quantitative estimate of drug-likeness (QED) is 0.314. The predicted molar refractivity (Wildman–Crippen MR) is 128 cm³/mol. The fourth-order valence-electron chi connectivity index (χ4n) is 5.85. The summed E-state index contributed by atoms with van der Waals surface area (Å²) in [5.41, 5.74) is 0.0175. The highest BCUT2D eigenvalue weighted by molar-refractivity contribution is 5.76. The molecule has 4 rings (SSSR count). The van der Waals surface area contributed by atoms with Crippen LogP contribution in [-0.4, -0.2) is 31.1 Å². The van der Waals surface area contributed by atoms with Crippen LogP contribution in [0.15, 0.2) is 24.3 Å². The first-order valence-corrected chi connectivity index (χ1v) is 13.0. The van der Waals surface area contributed by atoms with Gasteiger partial charge in [-0.05, 0) is 74.0 Å². The lowest BCUT2D eigenvalue weighted by atomic mass is 9.70. The Balaban J connectivity index is 1.30. The molecule has 1 aromatic carbocycles. The van der Waals surface area contributed by atoms with Gasteiger partial charge in [0.2, 0.25) is 0 Å². The summed E-state index contributed by atoms with van der Waals surface area (Å²) in [7, 11) is 0. The van der Waals surface area contributed by atoms with Gasteiger partial charge in [0.15, 0.2) is 5.67 Å². The maximum atomic E-state index is 14.9. The largest absolute Gasteiger partial charge is 0.423 e. The zero-order chi connectivity index (χ0) is 24.1. The number of rotatable bonds is 7. The monoisotopic (exact) mass is 476 g/mol. The van der Waals surface area contributed by atoms with Gasteiger partial charge in [-0.3, -0.25) is 0 Å². The molecule has 0 N–H and O–H groups in total. The van der Waals surface area contributed by atoms with E-state index in [4.69, 9.17) is 14.2 Å². The third-order valence-electron chi connectivity index (χ3n) is 7.97. The summed E-state index contributed by atoms with van der Waals surface area (Å²) in [6, 6.07) is 4.49. The number of ether oxygens (including phenoxy) is 3. The molecular formula is C28H38F2O4. The summed E-state index contributed by atoms with van der Waals surface area (Å²) in [4.78, 5) is 12.3. The maximum Gasteiger partial charge on any atom is 0.368 e. The second kappa shape index (κ2) is 11.3. The standard InChI is InChI=1S/C28H38F2O4/c1-3-15-28(30)17-32-27(33-18-28)26(31)34-23-13-14-24(25(29)16-23)22-11-9-21(10-12-22)20-7-5-19(4-2)6-8-20/h11,13-14,16,19-21,27H,3-10,12,15,17-18H2,1-2H3.